The van der Waals surface area contributed by atoms with E-state index in [4.69, 9.17) is 15.0 Å². The van der Waals surface area contributed by atoms with Crippen LogP contribution in [0, 0.1) is 0 Å². The highest BCUT2D eigenvalue weighted by Crippen LogP contribution is 2.47. The van der Waals surface area contributed by atoms with Gasteiger partial charge in [0.05, 0.1) is 32.8 Å². The number of fused-ring (bicyclic) bond motifs is 7. The summed E-state index contributed by atoms with van der Waals surface area (Å²) in [6, 6.07) is 68.2. The van der Waals surface area contributed by atoms with Crippen LogP contribution in [0.25, 0.3) is 104 Å². The number of aromatic nitrogens is 4. The maximum absolute atomic E-state index is 5.26. The third-order valence-corrected chi connectivity index (χ3v) is 11.8. The SMILES string of the molecule is c1ccc(-c2cc(-c3cccc(-c4cccc(-n5c6ccccc6c6c7c(sc65)c(-c5ccccc5)nc5ccccc57)c4)c3)nc(-c3ccccc3)n2)cc1. The predicted octanol–water partition coefficient (Wildman–Crippen LogP) is 13.7. The van der Waals surface area contributed by atoms with E-state index in [-0.39, 0.29) is 0 Å². The number of rotatable bonds is 6. The van der Waals surface area contributed by atoms with Gasteiger partial charge >= 0.3 is 0 Å². The van der Waals surface area contributed by atoms with E-state index in [1.165, 1.54) is 36.6 Å². The van der Waals surface area contributed by atoms with Crippen molar-refractivity contribution >= 4 is 53.4 Å². The van der Waals surface area contributed by atoms with Crippen molar-refractivity contribution in [1.29, 1.82) is 0 Å². The predicted molar refractivity (Wildman–Crippen MR) is 234 cm³/mol. The molecule has 0 atom stereocenters. The third-order valence-electron chi connectivity index (χ3n) is 10.6. The Kier molecular flexibility index (Phi) is 7.64. The van der Waals surface area contributed by atoms with Gasteiger partial charge in [-0.15, -0.1) is 11.3 Å². The van der Waals surface area contributed by atoms with Crippen molar-refractivity contribution in [3.63, 3.8) is 0 Å². The van der Waals surface area contributed by atoms with Gasteiger partial charge in [-0.1, -0.05) is 158 Å². The van der Waals surface area contributed by atoms with Crippen molar-refractivity contribution in [1.82, 2.24) is 19.5 Å². The molecule has 0 spiro atoms. The molecule has 262 valence electrons. The van der Waals surface area contributed by atoms with Crippen molar-refractivity contribution in [2.45, 2.75) is 0 Å². The molecule has 0 N–H and O–H groups in total. The van der Waals surface area contributed by atoms with Gasteiger partial charge in [-0.25, -0.2) is 15.0 Å². The second-order valence-electron chi connectivity index (χ2n) is 14.0. The molecule has 11 rings (SSSR count). The Bertz CT molecular complexity index is 3180. The number of pyridine rings is 1. The van der Waals surface area contributed by atoms with E-state index >= 15 is 0 Å². The molecule has 0 radical (unpaired) electrons. The number of hydrogen-bond acceptors (Lipinski definition) is 4. The van der Waals surface area contributed by atoms with Crippen LogP contribution in [0.15, 0.2) is 194 Å². The molecule has 5 heteroatoms. The molecule has 4 heterocycles. The van der Waals surface area contributed by atoms with Crippen LogP contribution in [0.1, 0.15) is 0 Å². The van der Waals surface area contributed by atoms with Crippen LogP contribution < -0.4 is 0 Å². The Balaban J connectivity index is 1.08. The molecule has 0 unspecified atom stereocenters. The third kappa shape index (κ3) is 5.40. The fraction of sp³-hybridized carbons (Fsp3) is 0. The van der Waals surface area contributed by atoms with Gasteiger partial charge in [-0.05, 0) is 47.5 Å². The molecule has 0 aliphatic heterocycles. The summed E-state index contributed by atoms with van der Waals surface area (Å²) in [7, 11) is 0. The van der Waals surface area contributed by atoms with E-state index in [1.807, 2.05) is 35.6 Å². The summed E-state index contributed by atoms with van der Waals surface area (Å²) in [5.41, 5.74) is 12.6. The van der Waals surface area contributed by atoms with Crippen LogP contribution in [0.4, 0.5) is 0 Å². The van der Waals surface area contributed by atoms with E-state index < -0.39 is 0 Å². The first kappa shape index (κ1) is 32.2. The van der Waals surface area contributed by atoms with Gasteiger partial charge in [0, 0.05) is 49.5 Å². The molecule has 7 aromatic carbocycles. The molecule has 0 amide bonds. The van der Waals surface area contributed by atoms with Crippen molar-refractivity contribution in [3.8, 4) is 62.0 Å². The lowest BCUT2D eigenvalue weighted by molar-refractivity contribution is 1.18. The first-order chi connectivity index (χ1) is 27.8. The maximum atomic E-state index is 5.26. The average Bonchev–Trinajstić information content (AvgIpc) is 3.82. The number of nitrogens with zero attached hydrogens (tertiary/aromatic N) is 4. The van der Waals surface area contributed by atoms with E-state index in [1.54, 1.807) is 0 Å². The molecule has 4 nitrogen and oxygen atoms in total. The van der Waals surface area contributed by atoms with E-state index in [2.05, 4.69) is 174 Å². The monoisotopic (exact) mass is 732 g/mol. The molecule has 0 fully saturated rings. The number of benzene rings is 7. The number of hydrogen-bond donors (Lipinski definition) is 0. The first-order valence-corrected chi connectivity index (χ1v) is 19.6. The van der Waals surface area contributed by atoms with E-state index in [0.717, 1.165) is 61.7 Å². The van der Waals surface area contributed by atoms with Crippen molar-refractivity contribution in [2.24, 2.45) is 0 Å². The molecule has 0 saturated heterocycles. The van der Waals surface area contributed by atoms with Gasteiger partial charge in [0.15, 0.2) is 5.82 Å². The highest BCUT2D eigenvalue weighted by Gasteiger charge is 2.22. The Hall–Kier alpha value is -7.21. The van der Waals surface area contributed by atoms with Crippen LogP contribution in [0.2, 0.25) is 0 Å². The summed E-state index contributed by atoms with van der Waals surface area (Å²) < 4.78 is 3.65. The average molecular weight is 733 g/mol. The minimum atomic E-state index is 0.708. The Morgan fingerprint density at radius 2 is 0.964 bits per heavy atom. The lowest BCUT2D eigenvalue weighted by atomic mass is 10.00. The van der Waals surface area contributed by atoms with Gasteiger partial charge in [0.25, 0.3) is 0 Å². The first-order valence-electron chi connectivity index (χ1n) is 18.8. The van der Waals surface area contributed by atoms with Crippen molar-refractivity contribution in [3.05, 3.63) is 194 Å². The number of thiophene rings is 1. The fourth-order valence-corrected chi connectivity index (χ4v) is 9.37. The summed E-state index contributed by atoms with van der Waals surface area (Å²) in [4.78, 5) is 16.6. The Morgan fingerprint density at radius 1 is 0.393 bits per heavy atom. The molecule has 56 heavy (non-hydrogen) atoms. The molecule has 11 aromatic rings. The van der Waals surface area contributed by atoms with E-state index in [0.29, 0.717) is 5.82 Å². The quantitative estimate of drug-likeness (QED) is 0.171. The van der Waals surface area contributed by atoms with E-state index in [9.17, 15) is 0 Å². The molecule has 0 aliphatic carbocycles. The van der Waals surface area contributed by atoms with Gasteiger partial charge in [0.2, 0.25) is 0 Å². The highest BCUT2D eigenvalue weighted by atomic mass is 32.1. The molecule has 0 aliphatic rings. The zero-order valence-corrected chi connectivity index (χ0v) is 31.0. The summed E-state index contributed by atoms with van der Waals surface area (Å²) >= 11 is 1.83. The van der Waals surface area contributed by atoms with Crippen molar-refractivity contribution < 1.29 is 0 Å². The van der Waals surface area contributed by atoms with Crippen LogP contribution in [0.3, 0.4) is 0 Å². The Morgan fingerprint density at radius 3 is 1.73 bits per heavy atom. The summed E-state index contributed by atoms with van der Waals surface area (Å²) in [5, 5.41) is 4.96. The minimum absolute atomic E-state index is 0.708. The van der Waals surface area contributed by atoms with Crippen LogP contribution >= 0.6 is 11.3 Å². The van der Waals surface area contributed by atoms with Crippen LogP contribution in [0.5, 0.6) is 0 Å². The standard InChI is InChI=1S/C51H32N4S/c1-4-16-33(17-5-1)43-32-44(54-50(53-43)35-20-8-3-9-21-35)38-24-14-22-36(30-38)37-23-15-25-39(31-37)55-45-29-13-11-27-41(45)47-46-40-26-10-12-28-42(40)52-48(49(46)56-51(47)55)34-18-6-2-7-19-34/h1-32H. The molecule has 0 bridgehead atoms. The smallest absolute Gasteiger partial charge is 0.160 e. The number of para-hydroxylation sites is 2. The van der Waals surface area contributed by atoms with Gasteiger partial charge in [0.1, 0.15) is 4.83 Å². The zero-order valence-electron chi connectivity index (χ0n) is 30.2. The second kappa shape index (κ2) is 13.3. The minimum Gasteiger partial charge on any atom is -0.301 e. The fourth-order valence-electron chi connectivity index (χ4n) is 7.99. The molecule has 4 aromatic heterocycles. The lowest BCUT2D eigenvalue weighted by Crippen LogP contribution is -1.96. The largest absolute Gasteiger partial charge is 0.301 e. The summed E-state index contributed by atoms with van der Waals surface area (Å²) in [6.45, 7) is 0. The maximum Gasteiger partial charge on any atom is 0.160 e. The van der Waals surface area contributed by atoms with Gasteiger partial charge in [-0.2, -0.15) is 0 Å². The summed E-state index contributed by atoms with van der Waals surface area (Å²) in [6.07, 6.45) is 0. The van der Waals surface area contributed by atoms with Crippen molar-refractivity contribution in [2.75, 3.05) is 0 Å². The van der Waals surface area contributed by atoms with Gasteiger partial charge < -0.3 is 4.57 Å². The van der Waals surface area contributed by atoms with Crippen LogP contribution in [-0.2, 0) is 0 Å². The topological polar surface area (TPSA) is 43.6 Å². The van der Waals surface area contributed by atoms with Gasteiger partial charge in [-0.3, -0.25) is 0 Å². The lowest BCUT2D eigenvalue weighted by Gasteiger charge is -2.12. The zero-order chi connectivity index (χ0) is 37.0. The van der Waals surface area contributed by atoms with Crippen LogP contribution in [-0.4, -0.2) is 19.5 Å². The highest BCUT2D eigenvalue weighted by molar-refractivity contribution is 7.26. The summed E-state index contributed by atoms with van der Waals surface area (Å²) in [5.74, 6) is 0.708. The Labute approximate surface area is 327 Å². The molecule has 0 saturated carbocycles. The molecular formula is C51H32N4S. The second-order valence-corrected chi connectivity index (χ2v) is 15.0. The molecular weight excluding hydrogens is 701 g/mol. The normalized spacial score (nSPS) is 11.6.